The van der Waals surface area contributed by atoms with Gasteiger partial charge < -0.3 is 25.7 Å². The van der Waals surface area contributed by atoms with Crippen molar-refractivity contribution in [2.75, 3.05) is 25.2 Å². The summed E-state index contributed by atoms with van der Waals surface area (Å²) in [7, 11) is 1.27. The second-order valence-corrected chi connectivity index (χ2v) is 10.6. The number of carboxylic acids is 1. The number of nitrogen functional groups attached to an aromatic ring is 1. The Morgan fingerprint density at radius 1 is 1.35 bits per heavy atom. The molecule has 2 amide bonds. The number of hydrogen-bond donors (Lipinski definition) is 3. The molecule has 208 valence electrons. The maximum absolute atomic E-state index is 13.2. The molecule has 40 heavy (non-hydrogen) atoms. The average Bonchev–Trinajstić information content (AvgIpc) is 3.53. The van der Waals surface area contributed by atoms with E-state index in [2.05, 4.69) is 15.5 Å². The van der Waals surface area contributed by atoms with Crippen LogP contribution in [0.1, 0.15) is 23.1 Å². The molecule has 0 unspecified atom stereocenters. The summed E-state index contributed by atoms with van der Waals surface area (Å²) in [5, 5.41) is 17.6. The number of fused-ring (bicyclic) bond motifs is 2. The summed E-state index contributed by atoms with van der Waals surface area (Å²) >= 11 is 2.41. The minimum Gasteiger partial charge on any atom is -0.477 e. The first-order valence-electron chi connectivity index (χ1n) is 11.9. The molecule has 0 bridgehead atoms. The maximum atomic E-state index is 13.2. The molecule has 14 nitrogen and oxygen atoms in total. The molecule has 0 radical (unpaired) electrons. The van der Waals surface area contributed by atoms with Gasteiger partial charge in [-0.2, -0.15) is 0 Å². The van der Waals surface area contributed by atoms with Crippen molar-refractivity contribution >= 4 is 63.3 Å². The number of thioether (sulfide) groups is 1. The average molecular weight is 587 g/mol. The highest BCUT2D eigenvalue weighted by Crippen LogP contribution is 2.41. The summed E-state index contributed by atoms with van der Waals surface area (Å²) in [6, 6.07) is 4.39. The number of aliphatic carboxylic acids is 1. The lowest BCUT2D eigenvalue weighted by molar-refractivity contribution is -0.510. The van der Waals surface area contributed by atoms with Gasteiger partial charge >= 0.3 is 11.9 Å². The third kappa shape index (κ3) is 4.75. The molecule has 1 saturated heterocycles. The topological polar surface area (TPSA) is 183 Å². The number of carbonyl (C=O) groups is 4. The van der Waals surface area contributed by atoms with Crippen molar-refractivity contribution in [2.45, 2.75) is 24.9 Å². The van der Waals surface area contributed by atoms with Gasteiger partial charge in [0.05, 0.1) is 12.8 Å². The van der Waals surface area contributed by atoms with Crippen LogP contribution in [0.4, 0.5) is 5.13 Å². The number of amides is 2. The van der Waals surface area contributed by atoms with Crippen LogP contribution in [-0.4, -0.2) is 79.9 Å². The second-order valence-electron chi connectivity index (χ2n) is 8.60. The number of pyridine rings is 1. The fraction of sp³-hybridized carbons (Fsp3) is 0.292. The summed E-state index contributed by atoms with van der Waals surface area (Å²) in [4.78, 5) is 61.3. The number of nitrogens with two attached hydrogens (primary N) is 1. The number of anilines is 1. The Balaban J connectivity index is 1.42. The van der Waals surface area contributed by atoms with Crippen molar-refractivity contribution in [1.82, 2.24) is 19.8 Å². The molecule has 2 aliphatic heterocycles. The molecule has 4 N–H and O–H groups in total. The van der Waals surface area contributed by atoms with Gasteiger partial charge in [-0.05, 0) is 13.0 Å². The molecular weight excluding hydrogens is 562 g/mol. The standard InChI is InChI=1S/C24H23N7O7S2/c1-3-38-23(36)14-9-29-7-5-4-6-15(29)30(14)8-12-10-39-21-17(20(33)31(21)18(12)22(34)35)27-19(32)16(28-37-2)13-11-40-24(25)26-13/h4-7,9,11,17,21H,3,8,10H2,1-2H3,(H3-,25,26,27,32,34,35)/p+1/t17-,21+/m1/s1. The molecule has 5 heterocycles. The molecule has 2 aliphatic rings. The Bertz CT molecular complexity index is 1590. The van der Waals surface area contributed by atoms with E-state index in [4.69, 9.17) is 15.3 Å². The van der Waals surface area contributed by atoms with Gasteiger partial charge in [0.15, 0.2) is 17.0 Å². The summed E-state index contributed by atoms with van der Waals surface area (Å²) in [5.41, 5.74) is 6.81. The van der Waals surface area contributed by atoms with Gasteiger partial charge in [-0.25, -0.2) is 23.5 Å². The Labute approximate surface area is 235 Å². The predicted molar refractivity (Wildman–Crippen MR) is 143 cm³/mol. The number of carbonyl (C=O) groups excluding carboxylic acids is 3. The van der Waals surface area contributed by atoms with Crippen LogP contribution in [0.2, 0.25) is 0 Å². The number of thiazole rings is 1. The van der Waals surface area contributed by atoms with Gasteiger partial charge in [-0.3, -0.25) is 14.5 Å². The first kappa shape index (κ1) is 27.1. The predicted octanol–water partition coefficient (Wildman–Crippen LogP) is 0.232. The Morgan fingerprint density at radius 3 is 2.83 bits per heavy atom. The van der Waals surface area contributed by atoms with Crippen LogP contribution < -0.4 is 15.5 Å². The molecule has 0 saturated carbocycles. The van der Waals surface area contributed by atoms with Crippen LogP contribution in [0.15, 0.2) is 52.4 Å². The van der Waals surface area contributed by atoms with Gasteiger partial charge in [0.25, 0.3) is 23.2 Å². The van der Waals surface area contributed by atoms with Gasteiger partial charge in [0.1, 0.15) is 36.5 Å². The number of ether oxygens (including phenoxy) is 1. The summed E-state index contributed by atoms with van der Waals surface area (Å²) in [6.07, 6.45) is 3.38. The number of oxime groups is 1. The highest BCUT2D eigenvalue weighted by molar-refractivity contribution is 8.00. The molecule has 2 atom stereocenters. The monoisotopic (exact) mass is 586 g/mol. The Kier molecular flexibility index (Phi) is 7.44. The molecular formula is C24H24N7O7S2+. The normalized spacial score (nSPS) is 18.8. The lowest BCUT2D eigenvalue weighted by Crippen LogP contribution is -2.71. The lowest BCUT2D eigenvalue weighted by Gasteiger charge is -2.49. The second kappa shape index (κ2) is 11.0. The molecule has 0 spiro atoms. The first-order chi connectivity index (χ1) is 19.2. The fourth-order valence-electron chi connectivity index (χ4n) is 4.54. The van der Waals surface area contributed by atoms with E-state index in [1.807, 2.05) is 0 Å². The van der Waals surface area contributed by atoms with Crippen molar-refractivity contribution in [3.63, 3.8) is 0 Å². The van der Waals surface area contributed by atoms with Crippen molar-refractivity contribution in [2.24, 2.45) is 5.16 Å². The molecule has 1 fully saturated rings. The smallest absolute Gasteiger partial charge is 0.382 e. The summed E-state index contributed by atoms with van der Waals surface area (Å²) < 4.78 is 8.60. The number of aromatic nitrogens is 3. The zero-order chi connectivity index (χ0) is 28.6. The highest BCUT2D eigenvalue weighted by Gasteiger charge is 2.54. The third-order valence-electron chi connectivity index (χ3n) is 6.23. The maximum Gasteiger partial charge on any atom is 0.382 e. The molecule has 16 heteroatoms. The SMILES string of the molecule is CCOC(=O)c1c[n+]2ccccc2n1CC1=C(C(=O)O)N2C(=O)[C@@H](NC(=O)C(=NOC)c3csc(N)n3)[C@@H]2SC1. The zero-order valence-corrected chi connectivity index (χ0v) is 22.9. The highest BCUT2D eigenvalue weighted by atomic mass is 32.2. The van der Waals surface area contributed by atoms with Crippen LogP contribution in [0.25, 0.3) is 5.65 Å². The van der Waals surface area contributed by atoms with Crippen LogP contribution in [0.5, 0.6) is 0 Å². The van der Waals surface area contributed by atoms with E-state index in [0.717, 1.165) is 16.2 Å². The molecule has 5 rings (SSSR count). The van der Waals surface area contributed by atoms with E-state index in [9.17, 15) is 24.3 Å². The van der Waals surface area contributed by atoms with Crippen molar-refractivity contribution in [3.05, 3.63) is 58.6 Å². The van der Waals surface area contributed by atoms with E-state index in [1.54, 1.807) is 46.5 Å². The molecule has 0 aromatic carbocycles. The van der Waals surface area contributed by atoms with Gasteiger partial charge in [-0.15, -0.1) is 23.1 Å². The van der Waals surface area contributed by atoms with E-state index < -0.39 is 35.2 Å². The van der Waals surface area contributed by atoms with Crippen LogP contribution in [0, 0.1) is 0 Å². The van der Waals surface area contributed by atoms with E-state index >= 15 is 0 Å². The molecule has 0 aliphatic carbocycles. The largest absolute Gasteiger partial charge is 0.477 e. The van der Waals surface area contributed by atoms with Crippen LogP contribution >= 0.6 is 23.1 Å². The van der Waals surface area contributed by atoms with E-state index in [-0.39, 0.29) is 46.8 Å². The van der Waals surface area contributed by atoms with Gasteiger partial charge in [0.2, 0.25) is 0 Å². The minimum atomic E-state index is -1.29. The zero-order valence-electron chi connectivity index (χ0n) is 21.3. The number of nitrogens with one attached hydrogen (secondary N) is 1. The number of carboxylic acid groups (broad SMARTS) is 1. The summed E-state index contributed by atoms with van der Waals surface area (Å²) in [6.45, 7) is 1.91. The molecule has 3 aromatic heterocycles. The number of esters is 1. The Morgan fingerprint density at radius 2 is 2.15 bits per heavy atom. The van der Waals surface area contributed by atoms with Crippen molar-refractivity contribution in [3.8, 4) is 0 Å². The first-order valence-corrected chi connectivity index (χ1v) is 13.9. The van der Waals surface area contributed by atoms with Crippen LogP contribution in [0.3, 0.4) is 0 Å². The van der Waals surface area contributed by atoms with Gasteiger partial charge in [0, 0.05) is 22.8 Å². The van der Waals surface area contributed by atoms with E-state index in [0.29, 0.717) is 11.2 Å². The van der Waals surface area contributed by atoms with Crippen LogP contribution in [-0.2, 0) is 30.5 Å². The van der Waals surface area contributed by atoms with Crippen molar-refractivity contribution < 1.29 is 38.3 Å². The van der Waals surface area contributed by atoms with Gasteiger partial charge in [-0.1, -0.05) is 11.2 Å². The lowest BCUT2D eigenvalue weighted by atomic mass is 10.0. The third-order valence-corrected chi connectivity index (χ3v) is 8.24. The number of rotatable bonds is 9. The number of imidazole rings is 1. The molecule has 3 aromatic rings. The number of hydrogen-bond acceptors (Lipinski definition) is 11. The number of nitrogens with zero attached hydrogens (tertiary/aromatic N) is 5. The number of β-lactam (4-membered cyclic amide) rings is 1. The minimum absolute atomic E-state index is 0.0344. The fourth-order valence-corrected chi connectivity index (χ4v) is 6.42. The van der Waals surface area contributed by atoms with Crippen molar-refractivity contribution in [1.29, 1.82) is 0 Å². The van der Waals surface area contributed by atoms with E-state index in [1.165, 1.54) is 24.3 Å². The quantitative estimate of drug-likeness (QED) is 0.103. The Hall–Kier alpha value is -4.44. The summed E-state index contributed by atoms with van der Waals surface area (Å²) in [5.74, 6) is -2.91.